The van der Waals surface area contributed by atoms with E-state index in [2.05, 4.69) is 0 Å². The summed E-state index contributed by atoms with van der Waals surface area (Å²) in [5, 5.41) is 0. The lowest BCUT2D eigenvalue weighted by atomic mass is 10.1. The molecule has 0 saturated carbocycles. The quantitative estimate of drug-likeness (QED) is 0.805. The molecule has 0 unspecified atom stereocenters. The van der Waals surface area contributed by atoms with Crippen molar-refractivity contribution in [2.24, 2.45) is 0 Å². The summed E-state index contributed by atoms with van der Waals surface area (Å²) in [6, 6.07) is 9.27. The monoisotopic (exact) mass is 304 g/mol. The van der Waals surface area contributed by atoms with Crippen molar-refractivity contribution in [3.8, 4) is 5.75 Å². The van der Waals surface area contributed by atoms with Crippen molar-refractivity contribution < 1.29 is 12.6 Å². The molecule has 0 aliphatic heterocycles. The minimum atomic E-state index is -3.84. The standard InChI is InChI=1S/C17H20O3S/c1-11-9-14(4)17(15(5)10-11)21(18,19)20-16-12(2)7-6-8-13(16)3/h6-10H,1-5H3. The van der Waals surface area contributed by atoms with Crippen LogP contribution < -0.4 is 4.18 Å². The van der Waals surface area contributed by atoms with Crippen molar-refractivity contribution >= 4 is 10.1 Å². The van der Waals surface area contributed by atoms with Crippen molar-refractivity contribution in [3.05, 3.63) is 58.1 Å². The topological polar surface area (TPSA) is 43.4 Å². The van der Waals surface area contributed by atoms with Gasteiger partial charge in [-0.2, -0.15) is 8.42 Å². The third kappa shape index (κ3) is 3.10. The molecule has 4 heteroatoms. The summed E-state index contributed by atoms with van der Waals surface area (Å²) in [6.45, 7) is 9.21. The second-order valence-electron chi connectivity index (χ2n) is 5.49. The molecule has 0 amide bonds. The zero-order valence-corrected chi connectivity index (χ0v) is 13.8. The average Bonchev–Trinajstić information content (AvgIpc) is 2.32. The van der Waals surface area contributed by atoms with Gasteiger partial charge in [0.05, 0.1) is 0 Å². The van der Waals surface area contributed by atoms with Gasteiger partial charge in [-0.05, 0) is 56.9 Å². The Morgan fingerprint density at radius 2 is 1.29 bits per heavy atom. The van der Waals surface area contributed by atoms with Gasteiger partial charge in [-0.15, -0.1) is 0 Å². The third-order valence-electron chi connectivity index (χ3n) is 3.46. The van der Waals surface area contributed by atoms with E-state index in [0.717, 1.165) is 16.7 Å². The predicted molar refractivity (Wildman–Crippen MR) is 84.4 cm³/mol. The van der Waals surface area contributed by atoms with Crippen LogP contribution >= 0.6 is 0 Å². The van der Waals surface area contributed by atoms with E-state index in [1.807, 2.05) is 51.1 Å². The highest BCUT2D eigenvalue weighted by molar-refractivity contribution is 7.87. The van der Waals surface area contributed by atoms with Gasteiger partial charge in [0, 0.05) is 0 Å². The van der Waals surface area contributed by atoms with Crippen LogP contribution in [0.15, 0.2) is 35.2 Å². The van der Waals surface area contributed by atoms with Gasteiger partial charge < -0.3 is 4.18 Å². The summed E-state index contributed by atoms with van der Waals surface area (Å²) in [5.41, 5.74) is 4.07. The number of benzene rings is 2. The third-order valence-corrected chi connectivity index (χ3v) is 4.99. The highest BCUT2D eigenvalue weighted by atomic mass is 32.2. The Balaban J connectivity index is 2.54. The van der Waals surface area contributed by atoms with Crippen molar-refractivity contribution in [3.63, 3.8) is 0 Å². The summed E-state index contributed by atoms with van der Waals surface area (Å²) in [5.74, 6) is 0.414. The number of hydrogen-bond acceptors (Lipinski definition) is 3. The Morgan fingerprint density at radius 1 is 0.810 bits per heavy atom. The first-order chi connectivity index (χ1) is 9.72. The zero-order valence-electron chi connectivity index (χ0n) is 13.0. The molecule has 0 spiro atoms. The molecule has 2 aromatic rings. The van der Waals surface area contributed by atoms with Crippen LogP contribution in [-0.2, 0) is 10.1 Å². The highest BCUT2D eigenvalue weighted by Gasteiger charge is 2.23. The number of rotatable bonds is 3. The lowest BCUT2D eigenvalue weighted by Gasteiger charge is -2.15. The molecule has 21 heavy (non-hydrogen) atoms. The van der Waals surface area contributed by atoms with Crippen LogP contribution in [0.25, 0.3) is 0 Å². The molecule has 0 aliphatic carbocycles. The molecule has 0 aromatic heterocycles. The maximum Gasteiger partial charge on any atom is 0.339 e. The van der Waals surface area contributed by atoms with Gasteiger partial charge in [-0.1, -0.05) is 35.9 Å². The second-order valence-corrected chi connectivity index (χ2v) is 6.97. The van der Waals surface area contributed by atoms with Crippen LogP contribution in [0.2, 0.25) is 0 Å². The number of aryl methyl sites for hydroxylation is 5. The van der Waals surface area contributed by atoms with E-state index in [1.54, 1.807) is 13.8 Å². The molecule has 112 valence electrons. The molecule has 0 radical (unpaired) electrons. The molecular weight excluding hydrogens is 284 g/mol. The van der Waals surface area contributed by atoms with Gasteiger partial charge in [0.2, 0.25) is 0 Å². The van der Waals surface area contributed by atoms with E-state index in [1.165, 1.54) is 0 Å². The molecule has 0 saturated heterocycles. The van der Waals surface area contributed by atoms with Gasteiger partial charge in [0.15, 0.2) is 0 Å². The molecule has 0 atom stereocenters. The van der Waals surface area contributed by atoms with E-state index >= 15 is 0 Å². The van der Waals surface area contributed by atoms with E-state index in [4.69, 9.17) is 4.18 Å². The van der Waals surface area contributed by atoms with Crippen LogP contribution in [0.4, 0.5) is 0 Å². The Bertz CT molecular complexity index is 746. The van der Waals surface area contributed by atoms with E-state index in [0.29, 0.717) is 16.9 Å². The van der Waals surface area contributed by atoms with Gasteiger partial charge >= 0.3 is 10.1 Å². The first-order valence-electron chi connectivity index (χ1n) is 6.81. The number of para-hydroxylation sites is 1. The van der Waals surface area contributed by atoms with Crippen LogP contribution in [0.3, 0.4) is 0 Å². The molecular formula is C17H20O3S. The molecule has 2 rings (SSSR count). The summed E-state index contributed by atoms with van der Waals surface area (Å²) >= 11 is 0. The highest BCUT2D eigenvalue weighted by Crippen LogP contribution is 2.29. The molecule has 0 fully saturated rings. The zero-order chi connectivity index (χ0) is 15.8. The van der Waals surface area contributed by atoms with Gasteiger partial charge in [0.25, 0.3) is 0 Å². The Kier molecular flexibility index (Phi) is 4.10. The maximum absolute atomic E-state index is 12.6. The normalized spacial score (nSPS) is 11.5. The second kappa shape index (κ2) is 5.53. The van der Waals surface area contributed by atoms with Gasteiger partial charge in [-0.25, -0.2) is 0 Å². The minimum Gasteiger partial charge on any atom is -0.378 e. The summed E-state index contributed by atoms with van der Waals surface area (Å²) in [4.78, 5) is 0.260. The average molecular weight is 304 g/mol. The molecule has 3 nitrogen and oxygen atoms in total. The molecule has 0 aliphatic rings. The number of hydrogen-bond donors (Lipinski definition) is 0. The maximum atomic E-state index is 12.6. The molecule has 0 N–H and O–H groups in total. The Morgan fingerprint density at radius 3 is 1.76 bits per heavy atom. The smallest absolute Gasteiger partial charge is 0.339 e. The molecule has 2 aromatic carbocycles. The van der Waals surface area contributed by atoms with Gasteiger partial charge in [0.1, 0.15) is 10.6 Å². The van der Waals surface area contributed by atoms with Crippen LogP contribution in [0.5, 0.6) is 5.75 Å². The first-order valence-corrected chi connectivity index (χ1v) is 8.22. The fourth-order valence-electron chi connectivity index (χ4n) is 2.64. The predicted octanol–water partition coefficient (Wildman–Crippen LogP) is 4.00. The largest absolute Gasteiger partial charge is 0.378 e. The lowest BCUT2D eigenvalue weighted by molar-refractivity contribution is 0.481. The fourth-order valence-corrected chi connectivity index (χ4v) is 4.12. The first kappa shape index (κ1) is 15.6. The SMILES string of the molecule is Cc1cc(C)c(S(=O)(=O)Oc2c(C)cccc2C)c(C)c1. The summed E-state index contributed by atoms with van der Waals surface area (Å²) < 4.78 is 30.7. The molecule has 0 heterocycles. The lowest BCUT2D eigenvalue weighted by Crippen LogP contribution is -2.14. The van der Waals surface area contributed by atoms with Crippen molar-refractivity contribution in [2.75, 3.05) is 0 Å². The van der Waals surface area contributed by atoms with Crippen LogP contribution in [0.1, 0.15) is 27.8 Å². The van der Waals surface area contributed by atoms with E-state index < -0.39 is 10.1 Å². The van der Waals surface area contributed by atoms with Crippen LogP contribution in [-0.4, -0.2) is 8.42 Å². The van der Waals surface area contributed by atoms with Crippen molar-refractivity contribution in [1.82, 2.24) is 0 Å². The van der Waals surface area contributed by atoms with E-state index in [-0.39, 0.29) is 4.90 Å². The van der Waals surface area contributed by atoms with Crippen LogP contribution in [0, 0.1) is 34.6 Å². The van der Waals surface area contributed by atoms with E-state index in [9.17, 15) is 8.42 Å². The minimum absolute atomic E-state index is 0.260. The van der Waals surface area contributed by atoms with Gasteiger partial charge in [-0.3, -0.25) is 0 Å². The summed E-state index contributed by atoms with van der Waals surface area (Å²) in [7, 11) is -3.84. The summed E-state index contributed by atoms with van der Waals surface area (Å²) in [6.07, 6.45) is 0. The van der Waals surface area contributed by atoms with Crippen molar-refractivity contribution in [1.29, 1.82) is 0 Å². The molecule has 0 bridgehead atoms. The Labute approximate surface area is 126 Å². The fraction of sp³-hybridized carbons (Fsp3) is 0.294. The Hall–Kier alpha value is -1.81. The van der Waals surface area contributed by atoms with Crippen molar-refractivity contribution in [2.45, 2.75) is 39.5 Å².